The molecule has 1 rings (SSSR count). The maximum atomic E-state index is 10.9. The van der Waals surface area contributed by atoms with Crippen LogP contribution in [0.1, 0.15) is 12.8 Å². The summed E-state index contributed by atoms with van der Waals surface area (Å²) in [6, 6.07) is 0. The molecule has 0 aromatic carbocycles. The quantitative estimate of drug-likeness (QED) is 0.672. The zero-order valence-electron chi connectivity index (χ0n) is 8.74. The van der Waals surface area contributed by atoms with Gasteiger partial charge in [-0.15, -0.1) is 11.6 Å². The summed E-state index contributed by atoms with van der Waals surface area (Å²) >= 11 is 5.86. The van der Waals surface area contributed by atoms with Crippen molar-refractivity contribution in [1.82, 2.24) is 4.90 Å². The van der Waals surface area contributed by atoms with Gasteiger partial charge in [0.25, 0.3) is 0 Å². The van der Waals surface area contributed by atoms with Gasteiger partial charge in [0.05, 0.1) is 5.75 Å². The molecule has 0 atom stereocenters. The minimum absolute atomic E-state index is 0.251. The highest BCUT2D eigenvalue weighted by molar-refractivity contribution is 7.90. The van der Waals surface area contributed by atoms with E-state index in [1.807, 2.05) is 7.05 Å². The van der Waals surface area contributed by atoms with Gasteiger partial charge in [-0.05, 0) is 25.8 Å². The van der Waals surface area contributed by atoms with E-state index < -0.39 is 9.84 Å². The lowest BCUT2D eigenvalue weighted by molar-refractivity contribution is 0.216. The molecule has 84 valence electrons. The summed E-state index contributed by atoms with van der Waals surface area (Å²) < 4.78 is 21.8. The topological polar surface area (TPSA) is 37.4 Å². The molecule has 0 aliphatic heterocycles. The molecule has 0 N–H and O–H groups in total. The Balaban J connectivity index is 2.13. The first-order chi connectivity index (χ1) is 6.37. The van der Waals surface area contributed by atoms with Crippen LogP contribution in [-0.4, -0.2) is 50.8 Å². The molecule has 1 aliphatic carbocycles. The second-order valence-electron chi connectivity index (χ2n) is 4.33. The van der Waals surface area contributed by atoms with E-state index in [4.69, 9.17) is 11.6 Å². The first-order valence-corrected chi connectivity index (χ1v) is 7.37. The van der Waals surface area contributed by atoms with Crippen LogP contribution in [0, 0.1) is 5.92 Å². The molecule has 0 saturated heterocycles. The molecule has 0 aromatic rings. The molecule has 0 radical (unpaired) electrons. The lowest BCUT2D eigenvalue weighted by Crippen LogP contribution is -2.36. The van der Waals surface area contributed by atoms with Gasteiger partial charge >= 0.3 is 0 Å². The van der Waals surface area contributed by atoms with E-state index >= 15 is 0 Å². The smallest absolute Gasteiger partial charge is 0.148 e. The highest BCUT2D eigenvalue weighted by Gasteiger charge is 2.27. The van der Waals surface area contributed by atoms with Gasteiger partial charge in [0.2, 0.25) is 0 Å². The molecule has 1 aliphatic rings. The Morgan fingerprint density at radius 1 is 1.43 bits per heavy atom. The SMILES string of the molecule is CN(CCS(C)(=O)=O)CC1CC(Cl)C1. The number of rotatable bonds is 5. The maximum absolute atomic E-state index is 10.9. The van der Waals surface area contributed by atoms with Crippen molar-refractivity contribution in [3.63, 3.8) is 0 Å². The predicted octanol–water partition coefficient (Wildman–Crippen LogP) is 0.980. The lowest BCUT2D eigenvalue weighted by Gasteiger charge is -2.34. The molecule has 0 unspecified atom stereocenters. The van der Waals surface area contributed by atoms with Crippen LogP contribution in [-0.2, 0) is 9.84 Å². The lowest BCUT2D eigenvalue weighted by atomic mass is 9.84. The number of alkyl halides is 1. The summed E-state index contributed by atoms with van der Waals surface area (Å²) in [5.41, 5.74) is 0. The van der Waals surface area contributed by atoms with Crippen LogP contribution < -0.4 is 0 Å². The van der Waals surface area contributed by atoms with Crippen LogP contribution >= 0.6 is 11.6 Å². The molecule has 0 aromatic heterocycles. The third kappa shape index (κ3) is 4.62. The number of halogens is 1. The third-order valence-corrected chi connectivity index (χ3v) is 3.87. The zero-order chi connectivity index (χ0) is 10.8. The zero-order valence-corrected chi connectivity index (χ0v) is 10.3. The highest BCUT2D eigenvalue weighted by Crippen LogP contribution is 2.32. The van der Waals surface area contributed by atoms with Crippen LogP contribution in [0.2, 0.25) is 0 Å². The van der Waals surface area contributed by atoms with Gasteiger partial charge in [-0.3, -0.25) is 0 Å². The van der Waals surface area contributed by atoms with E-state index in [2.05, 4.69) is 4.90 Å². The van der Waals surface area contributed by atoms with E-state index in [1.165, 1.54) is 6.26 Å². The van der Waals surface area contributed by atoms with Crippen molar-refractivity contribution in [3.8, 4) is 0 Å². The molecule has 5 heteroatoms. The standard InChI is InChI=1S/C9H18ClNO2S/c1-11(3-4-14(2,12)13)7-8-5-9(10)6-8/h8-9H,3-7H2,1-2H3. The number of nitrogens with zero attached hydrogens (tertiary/aromatic N) is 1. The van der Waals surface area contributed by atoms with Crippen molar-refractivity contribution in [3.05, 3.63) is 0 Å². The normalized spacial score (nSPS) is 27.7. The molecule has 1 saturated carbocycles. The summed E-state index contributed by atoms with van der Waals surface area (Å²) in [6.45, 7) is 1.60. The van der Waals surface area contributed by atoms with E-state index in [9.17, 15) is 8.42 Å². The van der Waals surface area contributed by atoms with E-state index in [0.29, 0.717) is 17.8 Å². The van der Waals surface area contributed by atoms with Crippen LogP contribution in [0.5, 0.6) is 0 Å². The van der Waals surface area contributed by atoms with Gasteiger partial charge in [0.15, 0.2) is 0 Å². The van der Waals surface area contributed by atoms with Crippen molar-refractivity contribution in [1.29, 1.82) is 0 Å². The monoisotopic (exact) mass is 239 g/mol. The fraction of sp³-hybridized carbons (Fsp3) is 1.00. The van der Waals surface area contributed by atoms with Crippen LogP contribution in [0.3, 0.4) is 0 Å². The number of sulfone groups is 1. The Hall–Kier alpha value is 0.200. The van der Waals surface area contributed by atoms with Gasteiger partial charge in [0.1, 0.15) is 9.84 Å². The van der Waals surface area contributed by atoms with Crippen LogP contribution in [0.15, 0.2) is 0 Å². The molecular weight excluding hydrogens is 222 g/mol. The fourth-order valence-electron chi connectivity index (χ4n) is 1.66. The summed E-state index contributed by atoms with van der Waals surface area (Å²) in [6.07, 6.45) is 3.43. The van der Waals surface area contributed by atoms with E-state index in [0.717, 1.165) is 19.4 Å². The summed E-state index contributed by atoms with van der Waals surface area (Å²) in [5.74, 6) is 0.919. The van der Waals surface area contributed by atoms with Crippen LogP contribution in [0.25, 0.3) is 0 Å². The van der Waals surface area contributed by atoms with E-state index in [1.54, 1.807) is 0 Å². The largest absolute Gasteiger partial charge is 0.305 e. The van der Waals surface area contributed by atoms with Gasteiger partial charge in [-0.1, -0.05) is 0 Å². The minimum atomic E-state index is -2.82. The van der Waals surface area contributed by atoms with Gasteiger partial charge < -0.3 is 4.90 Å². The van der Waals surface area contributed by atoms with Crippen molar-refractivity contribution in [2.75, 3.05) is 32.1 Å². The molecule has 0 spiro atoms. The predicted molar refractivity (Wildman–Crippen MR) is 59.6 cm³/mol. The van der Waals surface area contributed by atoms with Gasteiger partial charge in [0, 0.05) is 24.7 Å². The number of hydrogen-bond donors (Lipinski definition) is 0. The second-order valence-corrected chi connectivity index (χ2v) is 7.20. The first-order valence-electron chi connectivity index (χ1n) is 4.87. The molecule has 0 bridgehead atoms. The van der Waals surface area contributed by atoms with Crippen LogP contribution in [0.4, 0.5) is 0 Å². The Labute approximate surface area is 91.3 Å². The van der Waals surface area contributed by atoms with Crippen molar-refractivity contribution < 1.29 is 8.42 Å². The molecular formula is C9H18ClNO2S. The Kier molecular flexibility index (Phi) is 4.22. The average Bonchev–Trinajstić information content (AvgIpc) is 1.97. The first kappa shape index (κ1) is 12.3. The Bertz CT molecular complexity index is 273. The highest BCUT2D eigenvalue weighted by atomic mass is 35.5. The molecule has 1 fully saturated rings. The van der Waals surface area contributed by atoms with Crippen molar-refractivity contribution in [2.45, 2.75) is 18.2 Å². The number of hydrogen-bond acceptors (Lipinski definition) is 3. The average molecular weight is 240 g/mol. The fourth-order valence-corrected chi connectivity index (χ4v) is 2.80. The molecule has 3 nitrogen and oxygen atoms in total. The molecule has 0 heterocycles. The van der Waals surface area contributed by atoms with Gasteiger partial charge in [-0.25, -0.2) is 8.42 Å². The van der Waals surface area contributed by atoms with Crippen molar-refractivity contribution in [2.24, 2.45) is 5.92 Å². The maximum Gasteiger partial charge on any atom is 0.148 e. The van der Waals surface area contributed by atoms with Crippen molar-refractivity contribution >= 4 is 21.4 Å². The summed E-state index contributed by atoms with van der Waals surface area (Å²) in [4.78, 5) is 2.08. The minimum Gasteiger partial charge on any atom is -0.305 e. The Morgan fingerprint density at radius 3 is 2.43 bits per heavy atom. The molecule has 14 heavy (non-hydrogen) atoms. The van der Waals surface area contributed by atoms with Gasteiger partial charge in [-0.2, -0.15) is 0 Å². The molecule has 0 amide bonds. The second kappa shape index (κ2) is 4.81. The third-order valence-electron chi connectivity index (χ3n) is 2.59. The Morgan fingerprint density at radius 2 is 2.00 bits per heavy atom. The summed E-state index contributed by atoms with van der Waals surface area (Å²) in [7, 11) is -0.857. The van der Waals surface area contributed by atoms with E-state index in [-0.39, 0.29) is 5.75 Å². The summed E-state index contributed by atoms with van der Waals surface area (Å²) in [5, 5.41) is 0.350.